The van der Waals surface area contributed by atoms with Gasteiger partial charge in [0.2, 0.25) is 0 Å². The van der Waals surface area contributed by atoms with Gasteiger partial charge in [-0.3, -0.25) is 4.98 Å². The Kier molecular flexibility index (Phi) is 3.90. The molecule has 23 heavy (non-hydrogen) atoms. The smallest absolute Gasteiger partial charge is 0.354 e. The molecule has 3 aromatic rings. The summed E-state index contributed by atoms with van der Waals surface area (Å²) < 4.78 is 38.6. The summed E-state index contributed by atoms with van der Waals surface area (Å²) in [5, 5.41) is 4.03. The van der Waals surface area contributed by atoms with Crippen LogP contribution < -0.4 is 5.32 Å². The molecule has 2 nitrogen and oxygen atoms in total. The summed E-state index contributed by atoms with van der Waals surface area (Å²) in [6, 6.07) is 12.4. The number of nitrogens with zero attached hydrogens (tertiary/aromatic N) is 1. The SMILES string of the molecule is Cc1cc(Nc2cc(C(F)(F)F)ccc2Cl)c2ccccc2n1. The predicted octanol–water partition coefficient (Wildman–Crippen LogP) is 5.96. The number of benzene rings is 2. The monoisotopic (exact) mass is 336 g/mol. The predicted molar refractivity (Wildman–Crippen MR) is 86.2 cm³/mol. The van der Waals surface area contributed by atoms with Gasteiger partial charge in [-0.25, -0.2) is 0 Å². The van der Waals surface area contributed by atoms with Crippen molar-refractivity contribution in [3.63, 3.8) is 0 Å². The average Bonchev–Trinajstić information content (AvgIpc) is 2.48. The van der Waals surface area contributed by atoms with E-state index < -0.39 is 11.7 Å². The third kappa shape index (κ3) is 3.24. The zero-order valence-corrected chi connectivity index (χ0v) is 12.8. The number of halogens is 4. The first-order valence-electron chi connectivity index (χ1n) is 6.85. The molecule has 1 aromatic heterocycles. The molecule has 0 saturated heterocycles. The molecule has 0 fully saturated rings. The van der Waals surface area contributed by atoms with Crippen molar-refractivity contribution in [2.75, 3.05) is 5.32 Å². The number of hydrogen-bond donors (Lipinski definition) is 1. The molecule has 1 heterocycles. The van der Waals surface area contributed by atoms with Crippen LogP contribution in [0, 0.1) is 6.92 Å². The van der Waals surface area contributed by atoms with Gasteiger partial charge in [-0.2, -0.15) is 13.2 Å². The first-order chi connectivity index (χ1) is 10.8. The Balaban J connectivity index is 2.09. The number of aromatic nitrogens is 1. The van der Waals surface area contributed by atoms with Crippen molar-refractivity contribution >= 4 is 33.9 Å². The summed E-state index contributed by atoms with van der Waals surface area (Å²) in [4.78, 5) is 4.40. The fourth-order valence-corrected chi connectivity index (χ4v) is 2.52. The highest BCUT2D eigenvalue weighted by Crippen LogP contribution is 2.36. The molecule has 0 saturated carbocycles. The van der Waals surface area contributed by atoms with E-state index in [1.807, 2.05) is 31.2 Å². The Labute approximate surface area is 135 Å². The molecule has 0 aliphatic heterocycles. The topological polar surface area (TPSA) is 24.9 Å². The standard InChI is InChI=1S/C17H12ClF3N2/c1-10-8-15(12-4-2-3-5-14(12)22-10)23-16-9-11(17(19,20)21)6-7-13(16)18/h2-9H,1H3,(H,22,23). The van der Waals surface area contributed by atoms with Gasteiger partial charge in [0.15, 0.2) is 0 Å². The van der Waals surface area contributed by atoms with Crippen molar-refractivity contribution in [2.45, 2.75) is 13.1 Å². The van der Waals surface area contributed by atoms with Gasteiger partial charge in [-0.1, -0.05) is 29.8 Å². The third-order valence-electron chi connectivity index (χ3n) is 3.41. The molecule has 0 aliphatic rings. The van der Waals surface area contributed by atoms with Gasteiger partial charge in [0.05, 0.1) is 21.8 Å². The van der Waals surface area contributed by atoms with Gasteiger partial charge in [-0.15, -0.1) is 0 Å². The van der Waals surface area contributed by atoms with Crippen molar-refractivity contribution in [3.05, 3.63) is 64.8 Å². The molecule has 0 amide bonds. The van der Waals surface area contributed by atoms with E-state index >= 15 is 0 Å². The fraction of sp³-hybridized carbons (Fsp3) is 0.118. The number of anilines is 2. The van der Waals surface area contributed by atoms with Crippen LogP contribution in [0.1, 0.15) is 11.3 Å². The summed E-state index contributed by atoms with van der Waals surface area (Å²) in [5.74, 6) is 0. The summed E-state index contributed by atoms with van der Waals surface area (Å²) in [6.07, 6.45) is -4.42. The maximum absolute atomic E-state index is 12.9. The van der Waals surface area contributed by atoms with E-state index in [0.29, 0.717) is 5.69 Å². The van der Waals surface area contributed by atoms with Gasteiger partial charge < -0.3 is 5.32 Å². The van der Waals surface area contributed by atoms with Crippen LogP contribution in [-0.2, 0) is 6.18 Å². The minimum absolute atomic E-state index is 0.206. The van der Waals surface area contributed by atoms with E-state index in [-0.39, 0.29) is 10.7 Å². The molecule has 118 valence electrons. The average molecular weight is 337 g/mol. The maximum atomic E-state index is 12.9. The molecule has 0 unspecified atom stereocenters. The molecule has 0 bridgehead atoms. The van der Waals surface area contributed by atoms with Crippen LogP contribution in [0.15, 0.2) is 48.5 Å². The molecule has 0 atom stereocenters. The Bertz CT molecular complexity index is 875. The zero-order valence-electron chi connectivity index (χ0n) is 12.1. The summed E-state index contributed by atoms with van der Waals surface area (Å²) in [6.45, 7) is 1.82. The highest BCUT2D eigenvalue weighted by atomic mass is 35.5. The fourth-order valence-electron chi connectivity index (χ4n) is 2.35. The third-order valence-corrected chi connectivity index (χ3v) is 3.74. The molecule has 0 radical (unpaired) electrons. The minimum atomic E-state index is -4.42. The minimum Gasteiger partial charge on any atom is -0.354 e. The van der Waals surface area contributed by atoms with Gasteiger partial charge in [0, 0.05) is 16.8 Å². The number of alkyl halides is 3. The van der Waals surface area contributed by atoms with Gasteiger partial charge in [0.25, 0.3) is 0 Å². The molecule has 3 rings (SSSR count). The highest BCUT2D eigenvalue weighted by Gasteiger charge is 2.31. The molecule has 2 aromatic carbocycles. The van der Waals surface area contributed by atoms with E-state index in [0.717, 1.165) is 28.7 Å². The second kappa shape index (κ2) is 5.74. The van der Waals surface area contributed by atoms with Crippen molar-refractivity contribution in [1.29, 1.82) is 0 Å². The molecule has 0 aliphatic carbocycles. The van der Waals surface area contributed by atoms with Crippen molar-refractivity contribution in [3.8, 4) is 0 Å². The number of aryl methyl sites for hydroxylation is 1. The van der Waals surface area contributed by atoms with Crippen LogP contribution in [0.5, 0.6) is 0 Å². The van der Waals surface area contributed by atoms with E-state index in [1.165, 1.54) is 6.07 Å². The molecular weight excluding hydrogens is 325 g/mol. The molecular formula is C17H12ClF3N2. The number of nitrogens with one attached hydrogen (secondary N) is 1. The normalized spacial score (nSPS) is 11.7. The van der Waals surface area contributed by atoms with Crippen molar-refractivity contribution in [2.24, 2.45) is 0 Å². The van der Waals surface area contributed by atoms with Crippen LogP contribution in [-0.4, -0.2) is 4.98 Å². The quantitative estimate of drug-likeness (QED) is 0.624. The first kappa shape index (κ1) is 15.6. The lowest BCUT2D eigenvalue weighted by molar-refractivity contribution is -0.137. The number of hydrogen-bond acceptors (Lipinski definition) is 2. The first-order valence-corrected chi connectivity index (χ1v) is 7.22. The van der Waals surface area contributed by atoms with E-state index in [2.05, 4.69) is 10.3 Å². The van der Waals surface area contributed by atoms with Crippen LogP contribution in [0.2, 0.25) is 5.02 Å². The van der Waals surface area contributed by atoms with Crippen LogP contribution in [0.4, 0.5) is 24.5 Å². The van der Waals surface area contributed by atoms with Crippen LogP contribution in [0.3, 0.4) is 0 Å². The largest absolute Gasteiger partial charge is 0.416 e. The maximum Gasteiger partial charge on any atom is 0.416 e. The van der Waals surface area contributed by atoms with Gasteiger partial charge >= 0.3 is 6.18 Å². The van der Waals surface area contributed by atoms with Gasteiger partial charge in [-0.05, 0) is 37.3 Å². The Morgan fingerprint density at radius 3 is 2.48 bits per heavy atom. The van der Waals surface area contributed by atoms with E-state index in [1.54, 1.807) is 6.07 Å². The lowest BCUT2D eigenvalue weighted by atomic mass is 10.1. The number of rotatable bonds is 2. The molecule has 0 spiro atoms. The number of para-hydroxylation sites is 1. The summed E-state index contributed by atoms with van der Waals surface area (Å²) >= 11 is 6.04. The lowest BCUT2D eigenvalue weighted by Crippen LogP contribution is -2.05. The van der Waals surface area contributed by atoms with Crippen molar-refractivity contribution in [1.82, 2.24) is 4.98 Å². The summed E-state index contributed by atoms with van der Waals surface area (Å²) in [7, 11) is 0. The van der Waals surface area contributed by atoms with Crippen LogP contribution in [0.25, 0.3) is 10.9 Å². The lowest BCUT2D eigenvalue weighted by Gasteiger charge is -2.14. The Morgan fingerprint density at radius 2 is 1.74 bits per heavy atom. The van der Waals surface area contributed by atoms with Gasteiger partial charge in [0.1, 0.15) is 0 Å². The number of fused-ring (bicyclic) bond motifs is 1. The van der Waals surface area contributed by atoms with E-state index in [4.69, 9.17) is 11.6 Å². The molecule has 1 N–H and O–H groups in total. The second-order valence-corrected chi connectivity index (χ2v) is 5.55. The Morgan fingerprint density at radius 1 is 1.00 bits per heavy atom. The number of pyridine rings is 1. The van der Waals surface area contributed by atoms with Crippen molar-refractivity contribution < 1.29 is 13.2 Å². The zero-order chi connectivity index (χ0) is 16.6. The van der Waals surface area contributed by atoms with E-state index in [9.17, 15) is 13.2 Å². The highest BCUT2D eigenvalue weighted by molar-refractivity contribution is 6.33. The second-order valence-electron chi connectivity index (χ2n) is 5.15. The van der Waals surface area contributed by atoms with Crippen LogP contribution >= 0.6 is 11.6 Å². The summed E-state index contributed by atoms with van der Waals surface area (Å²) in [5.41, 5.74) is 1.64. The Hall–Kier alpha value is -2.27. The molecule has 6 heteroatoms.